The molecule has 8 heteroatoms. The number of amides is 1. The van der Waals surface area contributed by atoms with E-state index in [9.17, 15) is 17.6 Å². The van der Waals surface area contributed by atoms with E-state index in [-0.39, 0.29) is 18.0 Å². The minimum absolute atomic E-state index is 0.0390. The molecule has 1 aliphatic rings. The molecule has 1 saturated heterocycles. The van der Waals surface area contributed by atoms with Crippen molar-refractivity contribution in [2.24, 2.45) is 5.92 Å². The van der Waals surface area contributed by atoms with Crippen LogP contribution in [0.2, 0.25) is 0 Å². The summed E-state index contributed by atoms with van der Waals surface area (Å²) >= 11 is 0. The van der Waals surface area contributed by atoms with Crippen molar-refractivity contribution in [2.45, 2.75) is 12.8 Å². The lowest BCUT2D eigenvalue weighted by Crippen LogP contribution is -2.43. The first kappa shape index (κ1) is 15.8. The second-order valence-corrected chi connectivity index (χ2v) is 7.05. The first-order chi connectivity index (χ1) is 9.87. The number of carbonyl (C=O) groups excluding carboxylic acids is 1. The Labute approximate surface area is 123 Å². The zero-order valence-corrected chi connectivity index (χ0v) is 12.6. The smallest absolute Gasteiger partial charge is 0.258 e. The van der Waals surface area contributed by atoms with Crippen LogP contribution in [-0.4, -0.2) is 50.1 Å². The summed E-state index contributed by atoms with van der Waals surface area (Å²) in [7, 11) is -3.24. The van der Waals surface area contributed by atoms with Crippen LogP contribution in [0.3, 0.4) is 0 Å². The lowest BCUT2D eigenvalue weighted by atomic mass is 9.98. The molecule has 1 atom stereocenters. The first-order valence-electron chi connectivity index (χ1n) is 6.71. The number of sulfonamides is 1. The third-order valence-electron chi connectivity index (χ3n) is 3.43. The molecule has 2 rings (SSSR count). The molecule has 1 fully saturated rings. The fraction of sp³-hybridized carbons (Fsp3) is 0.538. The molecule has 1 aliphatic heterocycles. The summed E-state index contributed by atoms with van der Waals surface area (Å²) < 4.78 is 38.2. The Kier molecular flexibility index (Phi) is 4.89. The molecule has 0 aliphatic carbocycles. The van der Waals surface area contributed by atoms with Gasteiger partial charge in [0.15, 0.2) is 0 Å². The summed E-state index contributed by atoms with van der Waals surface area (Å²) in [5, 5.41) is 0. The van der Waals surface area contributed by atoms with E-state index in [1.807, 2.05) is 0 Å². The number of piperidine rings is 1. The van der Waals surface area contributed by atoms with Gasteiger partial charge in [-0.15, -0.1) is 0 Å². The monoisotopic (exact) mass is 315 g/mol. The van der Waals surface area contributed by atoms with Crippen LogP contribution in [0.4, 0.5) is 4.39 Å². The first-order valence-corrected chi connectivity index (χ1v) is 8.60. The molecule has 116 valence electrons. The molecular formula is C13H18FN3O3S. The number of aromatic nitrogens is 1. The molecule has 0 bridgehead atoms. The van der Waals surface area contributed by atoms with Crippen molar-refractivity contribution in [1.29, 1.82) is 0 Å². The van der Waals surface area contributed by atoms with Gasteiger partial charge < -0.3 is 4.90 Å². The van der Waals surface area contributed by atoms with Crippen molar-refractivity contribution in [3.8, 4) is 0 Å². The number of nitrogens with zero attached hydrogens (tertiary/aromatic N) is 2. The molecule has 1 aromatic heterocycles. The third kappa shape index (κ3) is 4.47. The maximum Gasteiger partial charge on any atom is 0.258 e. The van der Waals surface area contributed by atoms with Gasteiger partial charge in [0.25, 0.3) is 5.91 Å². The predicted molar refractivity (Wildman–Crippen MR) is 75.7 cm³/mol. The van der Waals surface area contributed by atoms with E-state index in [2.05, 4.69) is 9.71 Å². The third-order valence-corrected chi connectivity index (χ3v) is 4.12. The van der Waals surface area contributed by atoms with Gasteiger partial charge >= 0.3 is 0 Å². The highest BCUT2D eigenvalue weighted by molar-refractivity contribution is 7.88. The summed E-state index contributed by atoms with van der Waals surface area (Å²) in [4.78, 5) is 17.3. The number of likely N-dealkylation sites (tertiary alicyclic amines) is 1. The van der Waals surface area contributed by atoms with E-state index in [0.29, 0.717) is 13.1 Å². The van der Waals surface area contributed by atoms with E-state index in [1.54, 1.807) is 4.90 Å². The standard InChI is InChI=1S/C13H18FN3O3S/c1-21(19,20)16-8-10-4-3-7-17(9-10)13(18)11-5-2-6-15-12(11)14/h2,5-6,10,16H,3-4,7-9H2,1H3. The van der Waals surface area contributed by atoms with E-state index in [1.165, 1.54) is 18.3 Å². The molecule has 2 heterocycles. The SMILES string of the molecule is CS(=O)(=O)NCC1CCCN(C(=O)c2cccnc2F)C1. The Morgan fingerprint density at radius 2 is 2.33 bits per heavy atom. The van der Waals surface area contributed by atoms with Crippen LogP contribution in [0.5, 0.6) is 0 Å². The van der Waals surface area contributed by atoms with E-state index < -0.39 is 21.9 Å². The quantitative estimate of drug-likeness (QED) is 0.826. The Morgan fingerprint density at radius 1 is 1.57 bits per heavy atom. The topological polar surface area (TPSA) is 79.4 Å². The average molecular weight is 315 g/mol. The average Bonchev–Trinajstić information content (AvgIpc) is 2.44. The van der Waals surface area contributed by atoms with Gasteiger partial charge in [-0.1, -0.05) is 0 Å². The van der Waals surface area contributed by atoms with Crippen LogP contribution in [-0.2, 0) is 10.0 Å². The Bertz CT molecular complexity index is 621. The lowest BCUT2D eigenvalue weighted by molar-refractivity contribution is 0.0670. The zero-order valence-electron chi connectivity index (χ0n) is 11.8. The Hall–Kier alpha value is -1.54. The van der Waals surface area contributed by atoms with E-state index in [4.69, 9.17) is 0 Å². The van der Waals surface area contributed by atoms with Crippen LogP contribution in [0.25, 0.3) is 0 Å². The number of rotatable bonds is 4. The normalized spacial score (nSPS) is 19.5. The lowest BCUT2D eigenvalue weighted by Gasteiger charge is -2.32. The fourth-order valence-corrected chi connectivity index (χ4v) is 2.94. The van der Waals surface area contributed by atoms with Gasteiger partial charge in [0.05, 0.1) is 11.8 Å². The minimum Gasteiger partial charge on any atom is -0.338 e. The molecule has 0 radical (unpaired) electrons. The van der Waals surface area contributed by atoms with Gasteiger partial charge in [0.1, 0.15) is 0 Å². The van der Waals surface area contributed by atoms with Crippen molar-refractivity contribution >= 4 is 15.9 Å². The van der Waals surface area contributed by atoms with Crippen molar-refractivity contribution in [3.05, 3.63) is 29.8 Å². The van der Waals surface area contributed by atoms with Crippen LogP contribution in [0.1, 0.15) is 23.2 Å². The number of carbonyl (C=O) groups is 1. The number of nitrogens with one attached hydrogen (secondary N) is 1. The maximum absolute atomic E-state index is 13.5. The van der Waals surface area contributed by atoms with Crippen molar-refractivity contribution < 1.29 is 17.6 Å². The highest BCUT2D eigenvalue weighted by Gasteiger charge is 2.26. The molecular weight excluding hydrogens is 297 g/mol. The number of hydrogen-bond acceptors (Lipinski definition) is 4. The Morgan fingerprint density at radius 3 is 3.00 bits per heavy atom. The van der Waals surface area contributed by atoms with Gasteiger partial charge in [-0.2, -0.15) is 4.39 Å². The number of halogens is 1. The van der Waals surface area contributed by atoms with Crippen LogP contribution < -0.4 is 4.72 Å². The predicted octanol–water partition coefficient (Wildman–Crippen LogP) is 0.622. The van der Waals surface area contributed by atoms with Crippen LogP contribution in [0.15, 0.2) is 18.3 Å². The number of pyridine rings is 1. The van der Waals surface area contributed by atoms with Gasteiger partial charge in [-0.25, -0.2) is 18.1 Å². The second-order valence-electron chi connectivity index (χ2n) is 5.22. The van der Waals surface area contributed by atoms with Gasteiger partial charge in [-0.05, 0) is 30.9 Å². The molecule has 6 nitrogen and oxygen atoms in total. The summed E-state index contributed by atoms with van der Waals surface area (Å²) in [6.07, 6.45) is 4.00. The highest BCUT2D eigenvalue weighted by atomic mass is 32.2. The Balaban J connectivity index is 2.01. The molecule has 1 N–H and O–H groups in total. The van der Waals surface area contributed by atoms with Gasteiger partial charge in [0, 0.05) is 25.8 Å². The maximum atomic E-state index is 13.5. The zero-order chi connectivity index (χ0) is 15.5. The van der Waals surface area contributed by atoms with Crippen molar-refractivity contribution in [2.75, 3.05) is 25.9 Å². The van der Waals surface area contributed by atoms with Crippen molar-refractivity contribution in [3.63, 3.8) is 0 Å². The summed E-state index contributed by atoms with van der Waals surface area (Å²) in [5.41, 5.74) is -0.0470. The molecule has 1 unspecified atom stereocenters. The molecule has 0 spiro atoms. The molecule has 1 aromatic rings. The second kappa shape index (κ2) is 6.48. The largest absolute Gasteiger partial charge is 0.338 e. The van der Waals surface area contributed by atoms with Gasteiger partial charge in [-0.3, -0.25) is 4.79 Å². The molecule has 0 aromatic carbocycles. The number of hydrogen-bond donors (Lipinski definition) is 1. The van der Waals surface area contributed by atoms with Crippen LogP contribution in [0, 0.1) is 11.9 Å². The summed E-state index contributed by atoms with van der Waals surface area (Å²) in [6, 6.07) is 2.92. The molecule has 0 saturated carbocycles. The summed E-state index contributed by atoms with van der Waals surface area (Å²) in [6.45, 7) is 1.25. The van der Waals surface area contributed by atoms with E-state index >= 15 is 0 Å². The van der Waals surface area contributed by atoms with Crippen molar-refractivity contribution in [1.82, 2.24) is 14.6 Å². The molecule has 21 heavy (non-hydrogen) atoms. The summed E-state index contributed by atoms with van der Waals surface area (Å²) in [5.74, 6) is -1.14. The van der Waals surface area contributed by atoms with Gasteiger partial charge in [0.2, 0.25) is 16.0 Å². The highest BCUT2D eigenvalue weighted by Crippen LogP contribution is 2.19. The fourth-order valence-electron chi connectivity index (χ4n) is 2.40. The minimum atomic E-state index is -3.24. The van der Waals surface area contributed by atoms with E-state index in [0.717, 1.165) is 19.1 Å². The van der Waals surface area contributed by atoms with Crippen LogP contribution >= 0.6 is 0 Å². The molecule has 1 amide bonds.